The molecule has 0 spiro atoms. The van der Waals surface area contributed by atoms with Crippen LogP contribution in [0.3, 0.4) is 0 Å². The van der Waals surface area contributed by atoms with Crippen LogP contribution in [0.2, 0.25) is 0 Å². The Morgan fingerprint density at radius 2 is 1.32 bits per heavy atom. The second kappa shape index (κ2) is 6.50. The molecule has 5 heteroatoms. The van der Waals surface area contributed by atoms with Crippen LogP contribution in [0.4, 0.5) is 22.0 Å². The molecule has 0 aliphatic rings. The van der Waals surface area contributed by atoms with Gasteiger partial charge in [-0.3, -0.25) is 0 Å². The van der Waals surface area contributed by atoms with Crippen LogP contribution in [0.15, 0.2) is 25.3 Å². The van der Waals surface area contributed by atoms with Crippen molar-refractivity contribution >= 4 is 0 Å². The van der Waals surface area contributed by atoms with E-state index in [-0.39, 0.29) is 6.42 Å². The Balaban J connectivity index is 3.24. The molecule has 0 radical (unpaired) electrons. The monoisotopic (exact) mass is 276 g/mol. The molecule has 0 nitrogen and oxygen atoms in total. The highest BCUT2D eigenvalue weighted by molar-refractivity contribution is 5.29. The van der Waals surface area contributed by atoms with Crippen molar-refractivity contribution < 1.29 is 22.0 Å². The summed E-state index contributed by atoms with van der Waals surface area (Å²) < 4.78 is 66.2. The summed E-state index contributed by atoms with van der Waals surface area (Å²) >= 11 is 0. The minimum Gasteiger partial charge on any atom is -0.203 e. The summed E-state index contributed by atoms with van der Waals surface area (Å²) in [4.78, 5) is 0. The van der Waals surface area contributed by atoms with E-state index in [4.69, 9.17) is 0 Å². The van der Waals surface area contributed by atoms with E-state index < -0.39 is 40.6 Å². The second-order valence-electron chi connectivity index (χ2n) is 4.05. The highest BCUT2D eigenvalue weighted by atomic mass is 19.2. The SMILES string of the molecule is C=CCCCC(C=C)c1c(F)c(F)c(F)c(F)c1F. The van der Waals surface area contributed by atoms with Gasteiger partial charge in [0.15, 0.2) is 23.3 Å². The first-order valence-electron chi connectivity index (χ1n) is 5.70. The van der Waals surface area contributed by atoms with Crippen molar-refractivity contribution in [1.29, 1.82) is 0 Å². The molecule has 19 heavy (non-hydrogen) atoms. The molecule has 1 atom stereocenters. The summed E-state index contributed by atoms with van der Waals surface area (Å²) in [6, 6.07) is 0. The topological polar surface area (TPSA) is 0 Å². The van der Waals surface area contributed by atoms with E-state index in [1.54, 1.807) is 6.08 Å². The van der Waals surface area contributed by atoms with Crippen LogP contribution in [0, 0.1) is 29.1 Å². The number of hydrogen-bond acceptors (Lipinski definition) is 0. The van der Waals surface area contributed by atoms with Gasteiger partial charge in [-0.2, -0.15) is 0 Å². The standard InChI is InChI=1S/C14H13F5/c1-3-5-6-7-8(4-2)9-10(15)12(17)14(19)13(18)11(9)16/h3-4,8H,1-2,5-7H2. The van der Waals surface area contributed by atoms with Gasteiger partial charge in [-0.05, 0) is 19.3 Å². The lowest BCUT2D eigenvalue weighted by atomic mass is 9.92. The minimum atomic E-state index is -2.15. The molecule has 0 aromatic heterocycles. The van der Waals surface area contributed by atoms with Gasteiger partial charge in [-0.25, -0.2) is 22.0 Å². The van der Waals surface area contributed by atoms with Gasteiger partial charge >= 0.3 is 0 Å². The van der Waals surface area contributed by atoms with Crippen molar-refractivity contribution in [3.8, 4) is 0 Å². The molecular weight excluding hydrogens is 263 g/mol. The fraction of sp³-hybridized carbons (Fsp3) is 0.286. The third-order valence-corrected chi connectivity index (χ3v) is 2.82. The van der Waals surface area contributed by atoms with Gasteiger partial charge in [-0.1, -0.05) is 12.2 Å². The Hall–Kier alpha value is -1.65. The summed E-state index contributed by atoms with van der Waals surface area (Å²) in [7, 11) is 0. The highest BCUT2D eigenvalue weighted by Gasteiger charge is 2.28. The van der Waals surface area contributed by atoms with Crippen molar-refractivity contribution in [3.05, 3.63) is 60.0 Å². The van der Waals surface area contributed by atoms with Gasteiger partial charge in [0.1, 0.15) is 0 Å². The zero-order valence-corrected chi connectivity index (χ0v) is 10.2. The normalized spacial score (nSPS) is 12.3. The molecule has 0 saturated carbocycles. The largest absolute Gasteiger partial charge is 0.203 e. The van der Waals surface area contributed by atoms with Gasteiger partial charge in [-0.15, -0.1) is 13.2 Å². The molecule has 0 aliphatic heterocycles. The molecule has 0 bridgehead atoms. The van der Waals surface area contributed by atoms with E-state index in [1.807, 2.05) is 0 Å². The third-order valence-electron chi connectivity index (χ3n) is 2.82. The van der Waals surface area contributed by atoms with Crippen molar-refractivity contribution in [3.63, 3.8) is 0 Å². The van der Waals surface area contributed by atoms with E-state index in [1.165, 1.54) is 6.08 Å². The summed E-state index contributed by atoms with van der Waals surface area (Å²) in [6.45, 7) is 6.87. The predicted molar refractivity (Wildman–Crippen MR) is 63.2 cm³/mol. The van der Waals surface area contributed by atoms with E-state index in [0.29, 0.717) is 12.8 Å². The molecule has 1 aromatic carbocycles. The zero-order valence-electron chi connectivity index (χ0n) is 10.2. The van der Waals surface area contributed by atoms with Gasteiger partial charge in [0.2, 0.25) is 5.82 Å². The molecule has 0 saturated heterocycles. The highest BCUT2D eigenvalue weighted by Crippen LogP contribution is 2.32. The Kier molecular flexibility index (Phi) is 5.27. The molecule has 1 rings (SSSR count). The second-order valence-corrected chi connectivity index (χ2v) is 4.05. The first-order chi connectivity index (χ1) is 8.95. The summed E-state index contributed by atoms with van der Waals surface area (Å²) in [5.74, 6) is -10.5. The Morgan fingerprint density at radius 1 is 0.842 bits per heavy atom. The number of hydrogen-bond donors (Lipinski definition) is 0. The first-order valence-corrected chi connectivity index (χ1v) is 5.70. The average molecular weight is 276 g/mol. The maximum absolute atomic E-state index is 13.6. The summed E-state index contributed by atoms with van der Waals surface area (Å²) in [5.41, 5.74) is -0.824. The lowest BCUT2D eigenvalue weighted by Gasteiger charge is -2.15. The van der Waals surface area contributed by atoms with Crippen molar-refractivity contribution in [2.45, 2.75) is 25.2 Å². The maximum atomic E-state index is 13.6. The Bertz CT molecular complexity index is 464. The molecule has 0 fully saturated rings. The zero-order chi connectivity index (χ0) is 14.6. The van der Waals surface area contributed by atoms with Crippen LogP contribution in [-0.2, 0) is 0 Å². The molecule has 0 aliphatic carbocycles. The maximum Gasteiger partial charge on any atom is 0.200 e. The molecule has 1 aromatic rings. The van der Waals surface area contributed by atoms with Gasteiger partial charge in [0.25, 0.3) is 0 Å². The Morgan fingerprint density at radius 3 is 1.74 bits per heavy atom. The predicted octanol–water partition coefficient (Wildman–Crippen LogP) is 5.01. The molecule has 0 heterocycles. The van der Waals surface area contributed by atoms with E-state index >= 15 is 0 Å². The third kappa shape index (κ3) is 3.03. The van der Waals surface area contributed by atoms with Crippen molar-refractivity contribution in [2.24, 2.45) is 0 Å². The van der Waals surface area contributed by atoms with E-state index in [9.17, 15) is 22.0 Å². The lowest BCUT2D eigenvalue weighted by Crippen LogP contribution is -2.10. The van der Waals surface area contributed by atoms with Crippen LogP contribution >= 0.6 is 0 Å². The van der Waals surface area contributed by atoms with Crippen LogP contribution in [0.5, 0.6) is 0 Å². The quantitative estimate of drug-likeness (QED) is 0.225. The van der Waals surface area contributed by atoms with Crippen molar-refractivity contribution in [1.82, 2.24) is 0 Å². The number of benzene rings is 1. The fourth-order valence-electron chi connectivity index (χ4n) is 1.81. The number of rotatable bonds is 6. The first kappa shape index (κ1) is 15.4. The van der Waals surface area contributed by atoms with Crippen LogP contribution in [0.1, 0.15) is 30.7 Å². The number of allylic oxidation sites excluding steroid dienone is 2. The van der Waals surface area contributed by atoms with Crippen LogP contribution in [0.25, 0.3) is 0 Å². The van der Waals surface area contributed by atoms with Gasteiger partial charge < -0.3 is 0 Å². The fourth-order valence-corrected chi connectivity index (χ4v) is 1.81. The summed E-state index contributed by atoms with van der Waals surface area (Å²) in [5, 5.41) is 0. The lowest BCUT2D eigenvalue weighted by molar-refractivity contribution is 0.365. The minimum absolute atomic E-state index is 0.230. The van der Waals surface area contributed by atoms with E-state index in [2.05, 4.69) is 13.2 Å². The average Bonchev–Trinajstić information content (AvgIpc) is 2.41. The molecular formula is C14H13F5. The number of unbranched alkanes of at least 4 members (excludes halogenated alkanes) is 1. The molecule has 0 amide bonds. The summed E-state index contributed by atoms with van der Waals surface area (Å²) in [6.07, 6.45) is 4.12. The van der Waals surface area contributed by atoms with Crippen LogP contribution < -0.4 is 0 Å². The van der Waals surface area contributed by atoms with E-state index in [0.717, 1.165) is 0 Å². The van der Waals surface area contributed by atoms with Crippen molar-refractivity contribution in [2.75, 3.05) is 0 Å². The molecule has 0 N–H and O–H groups in total. The van der Waals surface area contributed by atoms with Gasteiger partial charge in [0, 0.05) is 11.5 Å². The molecule has 104 valence electrons. The van der Waals surface area contributed by atoms with Crippen LogP contribution in [-0.4, -0.2) is 0 Å². The molecule has 1 unspecified atom stereocenters. The smallest absolute Gasteiger partial charge is 0.200 e. The number of halogens is 5. The Labute approximate surface area is 108 Å². The van der Waals surface area contributed by atoms with Gasteiger partial charge in [0.05, 0.1) is 0 Å².